The Kier molecular flexibility index (Phi) is 3.76. The molecular weight excluding hydrogens is 240 g/mol. The van der Waals surface area contributed by atoms with Crippen LogP contribution in [0.2, 0.25) is 0 Å². The summed E-state index contributed by atoms with van der Waals surface area (Å²) in [5.41, 5.74) is 8.37. The second-order valence-corrected chi connectivity index (χ2v) is 4.98. The van der Waals surface area contributed by atoms with Gasteiger partial charge >= 0.3 is 0 Å². The van der Waals surface area contributed by atoms with Crippen LogP contribution < -0.4 is 5.73 Å². The van der Waals surface area contributed by atoms with E-state index in [1.165, 1.54) is 5.56 Å². The molecule has 102 valence electrons. The quantitative estimate of drug-likeness (QED) is 0.873. The van der Waals surface area contributed by atoms with Gasteiger partial charge in [0, 0.05) is 25.2 Å². The van der Waals surface area contributed by atoms with E-state index in [1.54, 1.807) is 23.9 Å². The summed E-state index contributed by atoms with van der Waals surface area (Å²) in [7, 11) is 5.87. The molecule has 0 saturated carbocycles. The van der Waals surface area contributed by atoms with Crippen molar-refractivity contribution in [3.05, 3.63) is 29.8 Å². The third-order valence-electron chi connectivity index (χ3n) is 3.10. The fraction of sp³-hybridized carbons (Fsp3) is 0.357. The molecule has 1 aromatic carbocycles. The first-order valence-electron chi connectivity index (χ1n) is 6.24. The van der Waals surface area contributed by atoms with Gasteiger partial charge in [-0.3, -0.25) is 4.68 Å². The number of anilines is 1. The minimum Gasteiger partial charge on any atom is -0.507 e. The zero-order chi connectivity index (χ0) is 14.0. The van der Waals surface area contributed by atoms with Crippen molar-refractivity contribution in [1.29, 1.82) is 0 Å². The molecule has 1 heterocycles. The molecule has 0 spiro atoms. The third-order valence-corrected chi connectivity index (χ3v) is 3.10. The smallest absolute Gasteiger partial charge is 0.125 e. The SMILES string of the molecule is CN(C)CCc1ccc(O)c(-c2cc(N)n(C)n2)c1. The van der Waals surface area contributed by atoms with Crippen LogP contribution in [0, 0.1) is 0 Å². The van der Waals surface area contributed by atoms with Crippen LogP contribution in [0.4, 0.5) is 5.82 Å². The van der Waals surface area contributed by atoms with Gasteiger partial charge in [-0.1, -0.05) is 6.07 Å². The van der Waals surface area contributed by atoms with Crippen LogP contribution in [0.15, 0.2) is 24.3 Å². The normalized spacial score (nSPS) is 11.2. The van der Waals surface area contributed by atoms with Crippen molar-refractivity contribution in [1.82, 2.24) is 14.7 Å². The lowest BCUT2D eigenvalue weighted by Crippen LogP contribution is -2.15. The number of phenolic OH excluding ortho intramolecular Hbond substituents is 1. The van der Waals surface area contributed by atoms with Crippen LogP contribution in [0.1, 0.15) is 5.56 Å². The molecule has 0 atom stereocenters. The topological polar surface area (TPSA) is 67.3 Å². The number of likely N-dealkylation sites (N-methyl/N-ethyl adjacent to an activating group) is 1. The van der Waals surface area contributed by atoms with Gasteiger partial charge in [-0.2, -0.15) is 5.10 Å². The van der Waals surface area contributed by atoms with E-state index in [-0.39, 0.29) is 5.75 Å². The zero-order valence-corrected chi connectivity index (χ0v) is 11.6. The molecule has 0 radical (unpaired) electrons. The number of aryl methyl sites for hydroxylation is 1. The number of aromatic hydroxyl groups is 1. The van der Waals surface area contributed by atoms with Gasteiger partial charge < -0.3 is 15.7 Å². The fourth-order valence-corrected chi connectivity index (χ4v) is 1.91. The molecular formula is C14H20N4O. The highest BCUT2D eigenvalue weighted by Gasteiger charge is 2.10. The predicted octanol–water partition coefficient (Wildman–Crippen LogP) is 1.48. The van der Waals surface area contributed by atoms with Crippen molar-refractivity contribution in [2.75, 3.05) is 26.4 Å². The Morgan fingerprint density at radius 1 is 1.32 bits per heavy atom. The number of nitrogens with two attached hydrogens (primary N) is 1. The highest BCUT2D eigenvalue weighted by molar-refractivity contribution is 5.69. The second-order valence-electron chi connectivity index (χ2n) is 4.98. The molecule has 1 aromatic heterocycles. The fourth-order valence-electron chi connectivity index (χ4n) is 1.91. The van der Waals surface area contributed by atoms with Gasteiger partial charge in [0.2, 0.25) is 0 Å². The van der Waals surface area contributed by atoms with Crippen molar-refractivity contribution in [2.45, 2.75) is 6.42 Å². The van der Waals surface area contributed by atoms with Gasteiger partial charge in [0.05, 0.1) is 5.69 Å². The third kappa shape index (κ3) is 3.06. The van der Waals surface area contributed by atoms with E-state index in [1.807, 2.05) is 26.2 Å². The largest absolute Gasteiger partial charge is 0.507 e. The summed E-state index contributed by atoms with van der Waals surface area (Å²) in [6.45, 7) is 0.967. The Balaban J connectivity index is 2.31. The molecule has 5 nitrogen and oxygen atoms in total. The summed E-state index contributed by atoms with van der Waals surface area (Å²) >= 11 is 0. The number of hydrogen-bond donors (Lipinski definition) is 2. The van der Waals surface area contributed by atoms with E-state index in [9.17, 15) is 5.11 Å². The molecule has 0 aliphatic rings. The Morgan fingerprint density at radius 2 is 2.05 bits per heavy atom. The van der Waals surface area contributed by atoms with Crippen LogP contribution in [-0.2, 0) is 13.5 Å². The van der Waals surface area contributed by atoms with E-state index < -0.39 is 0 Å². The molecule has 3 N–H and O–H groups in total. The molecule has 2 rings (SSSR count). The number of nitrogens with zero attached hydrogens (tertiary/aromatic N) is 3. The van der Waals surface area contributed by atoms with Gasteiger partial charge in [0.1, 0.15) is 11.6 Å². The summed E-state index contributed by atoms with van der Waals surface area (Å²) in [5.74, 6) is 0.805. The van der Waals surface area contributed by atoms with Crippen molar-refractivity contribution in [3.63, 3.8) is 0 Å². The Morgan fingerprint density at radius 3 is 2.63 bits per heavy atom. The lowest BCUT2D eigenvalue weighted by Gasteiger charge is -2.10. The van der Waals surface area contributed by atoms with Crippen LogP contribution in [0.3, 0.4) is 0 Å². The maximum absolute atomic E-state index is 9.97. The average Bonchev–Trinajstić information content (AvgIpc) is 2.68. The van der Waals surface area contributed by atoms with Gasteiger partial charge in [0.25, 0.3) is 0 Å². The first-order chi connectivity index (χ1) is 8.97. The van der Waals surface area contributed by atoms with Gasteiger partial charge in [-0.25, -0.2) is 0 Å². The van der Waals surface area contributed by atoms with Crippen LogP contribution in [0.5, 0.6) is 5.75 Å². The monoisotopic (exact) mass is 260 g/mol. The summed E-state index contributed by atoms with van der Waals surface area (Å²) < 4.78 is 1.60. The van der Waals surface area contributed by atoms with Crippen LogP contribution >= 0.6 is 0 Å². The molecule has 19 heavy (non-hydrogen) atoms. The minimum absolute atomic E-state index is 0.228. The average molecular weight is 260 g/mol. The number of aromatic nitrogens is 2. The Bertz CT molecular complexity index is 555. The number of nitrogen functional groups attached to an aromatic ring is 1. The number of benzene rings is 1. The summed E-state index contributed by atoms with van der Waals surface area (Å²) in [5, 5.41) is 14.3. The van der Waals surface area contributed by atoms with Crippen LogP contribution in [-0.4, -0.2) is 40.4 Å². The van der Waals surface area contributed by atoms with E-state index in [4.69, 9.17) is 5.73 Å². The molecule has 2 aromatic rings. The maximum Gasteiger partial charge on any atom is 0.125 e. The van der Waals surface area contributed by atoms with Crippen LogP contribution in [0.25, 0.3) is 11.3 Å². The maximum atomic E-state index is 9.97. The van der Waals surface area contributed by atoms with Crippen molar-refractivity contribution in [3.8, 4) is 17.0 Å². The summed E-state index contributed by atoms with van der Waals surface area (Å²) in [4.78, 5) is 2.13. The minimum atomic E-state index is 0.228. The summed E-state index contributed by atoms with van der Waals surface area (Å²) in [6.07, 6.45) is 0.933. The Labute approximate surface area is 113 Å². The number of hydrogen-bond acceptors (Lipinski definition) is 4. The van der Waals surface area contributed by atoms with E-state index in [0.717, 1.165) is 18.5 Å². The summed E-state index contributed by atoms with van der Waals surface area (Å²) in [6, 6.07) is 7.39. The first kappa shape index (κ1) is 13.4. The number of phenols is 1. The number of rotatable bonds is 4. The standard InChI is InChI=1S/C14H20N4O/c1-17(2)7-6-10-4-5-13(19)11(8-10)12-9-14(15)18(3)16-12/h4-5,8-9,19H,6-7,15H2,1-3H3. The lowest BCUT2D eigenvalue weighted by molar-refractivity contribution is 0.413. The van der Waals surface area contributed by atoms with Gasteiger partial charge in [-0.05, 0) is 38.2 Å². The zero-order valence-electron chi connectivity index (χ0n) is 11.6. The van der Waals surface area contributed by atoms with Crippen molar-refractivity contribution >= 4 is 5.82 Å². The predicted molar refractivity (Wildman–Crippen MR) is 77.0 cm³/mol. The molecule has 0 saturated heterocycles. The molecule has 0 bridgehead atoms. The van der Waals surface area contributed by atoms with E-state index >= 15 is 0 Å². The molecule has 0 amide bonds. The lowest BCUT2D eigenvalue weighted by atomic mass is 10.0. The molecule has 0 fully saturated rings. The van der Waals surface area contributed by atoms with Gasteiger partial charge in [0.15, 0.2) is 0 Å². The molecule has 0 unspecified atom stereocenters. The first-order valence-corrected chi connectivity index (χ1v) is 6.24. The van der Waals surface area contributed by atoms with E-state index in [0.29, 0.717) is 11.5 Å². The van der Waals surface area contributed by atoms with E-state index in [2.05, 4.69) is 10.00 Å². The van der Waals surface area contributed by atoms with Crippen molar-refractivity contribution < 1.29 is 5.11 Å². The Hall–Kier alpha value is -2.01. The van der Waals surface area contributed by atoms with Gasteiger partial charge in [-0.15, -0.1) is 0 Å². The molecule has 0 aliphatic heterocycles. The molecule has 5 heteroatoms. The highest BCUT2D eigenvalue weighted by Crippen LogP contribution is 2.30. The highest BCUT2D eigenvalue weighted by atomic mass is 16.3. The molecule has 0 aliphatic carbocycles. The van der Waals surface area contributed by atoms with Crippen molar-refractivity contribution in [2.24, 2.45) is 7.05 Å². The second kappa shape index (κ2) is 5.32.